The van der Waals surface area contributed by atoms with E-state index in [1.54, 1.807) is 33.5 Å². The number of allylic oxidation sites excluding steroid dienone is 1. The number of rotatable bonds is 10. The lowest BCUT2D eigenvalue weighted by molar-refractivity contribution is -0.159. The molecule has 3 aliphatic rings. The molecule has 0 radical (unpaired) electrons. The fourth-order valence-corrected chi connectivity index (χ4v) is 9.70. The lowest BCUT2D eigenvalue weighted by Gasteiger charge is -2.45. The molecule has 2 fully saturated rings. The number of methoxy groups -OCH3 is 1. The van der Waals surface area contributed by atoms with Gasteiger partial charge in [-0.3, -0.25) is 9.79 Å². The Hall–Kier alpha value is -1.79. The largest absolute Gasteiger partial charge is 0.466 e. The number of esters is 2. The molecule has 238 valence electrons. The van der Waals surface area contributed by atoms with Crippen molar-refractivity contribution in [2.45, 2.75) is 43.9 Å². The van der Waals surface area contributed by atoms with Crippen molar-refractivity contribution in [3.63, 3.8) is 0 Å². The normalized spacial score (nSPS) is 24.7. The number of sulfonamides is 1. The fraction of sp³-hybridized carbons (Fsp3) is 0.500. The number of nitrogens with zero attached hydrogens (tertiary/aromatic N) is 3. The second-order valence-electron chi connectivity index (χ2n) is 11.1. The summed E-state index contributed by atoms with van der Waals surface area (Å²) in [5.74, 6) is -0.821. The summed E-state index contributed by atoms with van der Waals surface area (Å²) in [6.07, 6.45) is 2.89. The van der Waals surface area contributed by atoms with Crippen LogP contribution in [0.15, 0.2) is 46.0 Å². The highest BCUT2D eigenvalue weighted by atomic mass is 127. The van der Waals surface area contributed by atoms with Gasteiger partial charge in [0.2, 0.25) is 10.0 Å². The maximum absolute atomic E-state index is 14.6. The molecular formula is C28H31ClFIN4O6S3. The quantitative estimate of drug-likeness (QED) is 0.194. The highest BCUT2D eigenvalue weighted by Crippen LogP contribution is 2.47. The molecule has 3 heterocycles. The number of halogens is 3. The van der Waals surface area contributed by atoms with Crippen molar-refractivity contribution in [1.29, 1.82) is 0 Å². The molecule has 0 bridgehead atoms. The molecular weight excluding hydrogens is 766 g/mol. The highest BCUT2D eigenvalue weighted by molar-refractivity contribution is 14.2. The van der Waals surface area contributed by atoms with Crippen molar-refractivity contribution >= 4 is 80.9 Å². The summed E-state index contributed by atoms with van der Waals surface area (Å²) >= 11 is 9.86. The Morgan fingerprint density at radius 3 is 2.66 bits per heavy atom. The van der Waals surface area contributed by atoms with Gasteiger partial charge in [-0.2, -0.15) is 0 Å². The number of hydrogen-bond donors (Lipinski definition) is 1. The molecule has 1 aliphatic carbocycles. The first-order valence-electron chi connectivity index (χ1n) is 13.9. The van der Waals surface area contributed by atoms with E-state index in [2.05, 4.69) is 31.5 Å². The first-order chi connectivity index (χ1) is 21.0. The van der Waals surface area contributed by atoms with Crippen LogP contribution in [0.5, 0.6) is 0 Å². The van der Waals surface area contributed by atoms with Gasteiger partial charge in [0.15, 0.2) is 10.8 Å². The maximum atomic E-state index is 14.6. The third-order valence-electron chi connectivity index (χ3n) is 8.28. The number of benzene rings is 1. The summed E-state index contributed by atoms with van der Waals surface area (Å²) in [5, 5.41) is 4.85. The van der Waals surface area contributed by atoms with Gasteiger partial charge in [-0.25, -0.2) is 26.9 Å². The molecule has 44 heavy (non-hydrogen) atoms. The molecule has 1 unspecified atom stereocenters. The summed E-state index contributed by atoms with van der Waals surface area (Å²) in [7, 11) is -0.849. The Morgan fingerprint density at radius 2 is 2.02 bits per heavy atom. The molecule has 1 atom stereocenters. The Labute approximate surface area is 280 Å². The van der Waals surface area contributed by atoms with Crippen molar-refractivity contribution in [3.05, 3.63) is 62.5 Å². The molecule has 10 nitrogen and oxygen atoms in total. The van der Waals surface area contributed by atoms with Crippen molar-refractivity contribution < 1.29 is 31.9 Å². The third kappa shape index (κ3) is 6.68. The number of aliphatic imine (C=N–C) groups is 1. The van der Waals surface area contributed by atoms with Crippen molar-refractivity contribution in [1.82, 2.24) is 14.6 Å². The zero-order chi connectivity index (χ0) is 31.6. The van der Waals surface area contributed by atoms with E-state index in [0.29, 0.717) is 47.3 Å². The lowest BCUT2D eigenvalue weighted by Crippen LogP contribution is -2.54. The number of piperidine rings is 1. The minimum atomic E-state index is -3.65. The maximum Gasteiger partial charge on any atom is 0.338 e. The van der Waals surface area contributed by atoms with Crippen molar-refractivity contribution in [2.24, 2.45) is 16.3 Å². The Bertz CT molecular complexity index is 1580. The minimum absolute atomic E-state index is 0.149. The average Bonchev–Trinajstić information content (AvgIpc) is 3.55. The second-order valence-corrected chi connectivity index (χ2v) is 17.0. The number of hydrogen-bond acceptors (Lipinski definition) is 11. The van der Waals surface area contributed by atoms with Gasteiger partial charge >= 0.3 is 11.9 Å². The molecule has 1 saturated heterocycles. The van der Waals surface area contributed by atoms with Gasteiger partial charge in [-0.05, 0) is 59.9 Å². The molecule has 0 amide bonds. The zero-order valence-corrected chi connectivity index (χ0v) is 29.3. The van der Waals surface area contributed by atoms with Gasteiger partial charge in [0.1, 0.15) is 18.5 Å². The second kappa shape index (κ2) is 13.9. The summed E-state index contributed by atoms with van der Waals surface area (Å²) in [4.78, 5) is 34.9. The Balaban J connectivity index is 1.37. The van der Waals surface area contributed by atoms with Gasteiger partial charge in [0, 0.05) is 47.6 Å². The number of carbonyl (C=O) groups is 2. The van der Waals surface area contributed by atoms with Crippen LogP contribution >= 0.6 is 53.1 Å². The predicted molar refractivity (Wildman–Crippen MR) is 177 cm³/mol. The molecule has 2 aromatic rings. The molecule has 0 spiro atoms. The molecule has 16 heteroatoms. The van der Waals surface area contributed by atoms with E-state index in [-0.39, 0.29) is 48.4 Å². The molecule has 1 aromatic heterocycles. The van der Waals surface area contributed by atoms with Crippen LogP contribution < -0.4 is 5.32 Å². The van der Waals surface area contributed by atoms with Crippen LogP contribution in [0, 0.1) is 17.2 Å². The minimum Gasteiger partial charge on any atom is -0.466 e. The van der Waals surface area contributed by atoms with Crippen LogP contribution in [0.3, 0.4) is 0 Å². The van der Waals surface area contributed by atoms with Crippen LogP contribution in [-0.4, -0.2) is 73.3 Å². The fourth-order valence-electron chi connectivity index (χ4n) is 5.90. The number of thiazole rings is 1. The number of nitrogens with one attached hydrogen (secondary N) is 1. The SMILES string of the molecule is COC(=O)C1=C(C2CCN(S(=O)(=O)C3CC(C)(C(=O)OCCSI)C3)CC2)NC(c2nccs2)=NC1c1cccc(F)c1Cl. The van der Waals surface area contributed by atoms with E-state index < -0.39 is 38.5 Å². The number of aromatic nitrogens is 1. The molecule has 1 aromatic carbocycles. The van der Waals surface area contributed by atoms with E-state index in [1.807, 2.05) is 0 Å². The van der Waals surface area contributed by atoms with Gasteiger partial charge in [0.05, 0.1) is 28.4 Å². The summed E-state index contributed by atoms with van der Waals surface area (Å²) in [5.41, 5.74) is 0.218. The third-order valence-corrected chi connectivity index (χ3v) is 13.4. The summed E-state index contributed by atoms with van der Waals surface area (Å²) in [6, 6.07) is 3.38. The smallest absolute Gasteiger partial charge is 0.338 e. The van der Waals surface area contributed by atoms with Crippen LogP contribution in [0.25, 0.3) is 0 Å². The Kier molecular flexibility index (Phi) is 10.6. The van der Waals surface area contributed by atoms with E-state index in [0.717, 1.165) is 0 Å². The topological polar surface area (TPSA) is 127 Å². The van der Waals surface area contributed by atoms with E-state index in [9.17, 15) is 22.4 Å². The van der Waals surface area contributed by atoms with E-state index in [1.165, 1.54) is 34.9 Å². The molecule has 2 aliphatic heterocycles. The molecule has 1 N–H and O–H groups in total. The summed E-state index contributed by atoms with van der Waals surface area (Å²) < 4.78 is 53.6. The zero-order valence-electron chi connectivity index (χ0n) is 23.9. The van der Waals surface area contributed by atoms with Gasteiger partial charge in [0.25, 0.3) is 0 Å². The van der Waals surface area contributed by atoms with Crippen molar-refractivity contribution in [2.75, 3.05) is 32.6 Å². The Morgan fingerprint density at radius 1 is 1.30 bits per heavy atom. The van der Waals surface area contributed by atoms with E-state index in [4.69, 9.17) is 26.1 Å². The van der Waals surface area contributed by atoms with Gasteiger partial charge < -0.3 is 14.8 Å². The van der Waals surface area contributed by atoms with Crippen LogP contribution in [-0.2, 0) is 29.1 Å². The predicted octanol–water partition coefficient (Wildman–Crippen LogP) is 5.29. The monoisotopic (exact) mass is 796 g/mol. The number of ether oxygens (including phenoxy) is 2. The van der Waals surface area contributed by atoms with E-state index >= 15 is 0 Å². The number of carbonyl (C=O) groups excluding carboxylic acids is 2. The van der Waals surface area contributed by atoms with Crippen LogP contribution in [0.4, 0.5) is 4.39 Å². The van der Waals surface area contributed by atoms with Gasteiger partial charge in [-0.1, -0.05) is 32.7 Å². The van der Waals surface area contributed by atoms with Crippen molar-refractivity contribution in [3.8, 4) is 0 Å². The average molecular weight is 797 g/mol. The summed E-state index contributed by atoms with van der Waals surface area (Å²) in [6.45, 7) is 2.51. The molecule has 5 rings (SSSR count). The first kappa shape index (κ1) is 33.6. The van der Waals surface area contributed by atoms with Gasteiger partial charge in [-0.15, -0.1) is 11.3 Å². The van der Waals surface area contributed by atoms with Crippen LogP contribution in [0.2, 0.25) is 5.02 Å². The standard InChI is InChI=1S/C28H31ClFIN4O6S3/c1-28(27(37)41-11-13-43-31)14-17(15-28)44(38,39)35-9-6-16(7-10-35)22-20(26(36)40-2)23(18-4-3-5-19(30)21(18)29)34-24(33-22)25-32-8-12-42-25/h3-5,8,12,16-17,23H,6-7,9-11,13-15H2,1-2H3,(H,33,34). The first-order valence-corrected chi connectivity index (χ1v) is 20.2. The highest BCUT2D eigenvalue weighted by Gasteiger charge is 2.54. The molecule has 1 saturated carbocycles. The number of amidine groups is 1. The van der Waals surface area contributed by atoms with Crippen LogP contribution in [0.1, 0.15) is 49.2 Å². The lowest BCUT2D eigenvalue weighted by atomic mass is 9.70.